The van der Waals surface area contributed by atoms with Crippen molar-refractivity contribution in [1.82, 2.24) is 4.98 Å². The fourth-order valence-electron chi connectivity index (χ4n) is 3.11. The zero-order valence-corrected chi connectivity index (χ0v) is 15.2. The van der Waals surface area contributed by atoms with Gasteiger partial charge in [0.1, 0.15) is 18.5 Å². The lowest BCUT2D eigenvalue weighted by Gasteiger charge is -2.25. The van der Waals surface area contributed by atoms with Gasteiger partial charge in [-0.05, 0) is 50.3 Å². The van der Waals surface area contributed by atoms with Gasteiger partial charge in [-0.3, -0.25) is 4.79 Å². The predicted octanol–water partition coefficient (Wildman–Crippen LogP) is 3.82. The number of pyridine rings is 1. The average molecular weight is 368 g/mol. The van der Waals surface area contributed by atoms with Crippen LogP contribution in [0, 0.1) is 0 Å². The molecule has 1 aliphatic carbocycles. The Morgan fingerprint density at radius 1 is 1.19 bits per heavy atom. The fourth-order valence-corrected chi connectivity index (χ4v) is 3.11. The molecule has 6 heteroatoms. The molecule has 0 spiro atoms. The van der Waals surface area contributed by atoms with Crippen molar-refractivity contribution in [1.29, 1.82) is 0 Å². The number of anilines is 1. The van der Waals surface area contributed by atoms with E-state index in [0.29, 0.717) is 29.5 Å². The molecule has 1 atom stereocenters. The van der Waals surface area contributed by atoms with Gasteiger partial charge in [-0.15, -0.1) is 0 Å². The molecule has 1 aromatic heterocycles. The summed E-state index contributed by atoms with van der Waals surface area (Å²) in [5, 5.41) is 2.90. The van der Waals surface area contributed by atoms with E-state index < -0.39 is 0 Å². The summed E-state index contributed by atoms with van der Waals surface area (Å²) in [7, 11) is 0. The van der Waals surface area contributed by atoms with Gasteiger partial charge >= 0.3 is 0 Å². The molecule has 0 bridgehead atoms. The Balaban J connectivity index is 1.35. The Kier molecular flexibility index (Phi) is 5.53. The zero-order valence-electron chi connectivity index (χ0n) is 15.2. The monoisotopic (exact) mass is 368 g/mol. The third-order valence-electron chi connectivity index (χ3n) is 4.89. The van der Waals surface area contributed by atoms with Gasteiger partial charge in [0.15, 0.2) is 0 Å². The molecule has 1 N–H and O–H groups in total. The molecule has 1 aliphatic heterocycles. The molecule has 4 rings (SSSR count). The van der Waals surface area contributed by atoms with Crippen LogP contribution in [0.4, 0.5) is 5.69 Å². The molecule has 2 fully saturated rings. The second-order valence-electron chi connectivity index (χ2n) is 6.98. The first-order chi connectivity index (χ1) is 13.3. The van der Waals surface area contributed by atoms with Crippen LogP contribution in [0.2, 0.25) is 0 Å². The van der Waals surface area contributed by atoms with E-state index in [1.165, 1.54) is 6.42 Å². The van der Waals surface area contributed by atoms with Crippen LogP contribution in [-0.4, -0.2) is 36.3 Å². The first kappa shape index (κ1) is 17.8. The molecule has 1 amide bonds. The summed E-state index contributed by atoms with van der Waals surface area (Å²) in [4.78, 5) is 16.8. The van der Waals surface area contributed by atoms with E-state index in [-0.39, 0.29) is 18.1 Å². The average Bonchev–Trinajstić information content (AvgIpc) is 3.17. The van der Waals surface area contributed by atoms with Crippen LogP contribution in [0.5, 0.6) is 11.6 Å². The first-order valence-electron chi connectivity index (χ1n) is 9.55. The molecule has 0 radical (unpaired) electrons. The van der Waals surface area contributed by atoms with Gasteiger partial charge in [0.2, 0.25) is 5.88 Å². The largest absolute Gasteiger partial charge is 0.491 e. The lowest BCUT2D eigenvalue weighted by molar-refractivity contribution is 0.0680. The summed E-state index contributed by atoms with van der Waals surface area (Å²) < 4.78 is 17.1. The van der Waals surface area contributed by atoms with Gasteiger partial charge in [0, 0.05) is 36.2 Å². The van der Waals surface area contributed by atoms with E-state index in [9.17, 15) is 4.79 Å². The highest BCUT2D eigenvalue weighted by Crippen LogP contribution is 2.25. The van der Waals surface area contributed by atoms with Gasteiger partial charge in [-0.25, -0.2) is 4.98 Å². The SMILES string of the molecule is O=C(Nc1cccc(OCC2CCCO2)c1)c1ccnc(OC2CCC2)c1. The number of aromatic nitrogens is 1. The highest BCUT2D eigenvalue weighted by Gasteiger charge is 2.20. The number of rotatable bonds is 7. The number of hydrogen-bond donors (Lipinski definition) is 1. The Labute approximate surface area is 158 Å². The molecule has 27 heavy (non-hydrogen) atoms. The summed E-state index contributed by atoms with van der Waals surface area (Å²) in [6, 6.07) is 10.8. The maximum absolute atomic E-state index is 12.6. The summed E-state index contributed by atoms with van der Waals surface area (Å²) >= 11 is 0. The topological polar surface area (TPSA) is 69.7 Å². The van der Waals surface area contributed by atoms with Gasteiger partial charge < -0.3 is 19.5 Å². The van der Waals surface area contributed by atoms with Gasteiger partial charge in [0.05, 0.1) is 6.10 Å². The molecule has 2 heterocycles. The van der Waals surface area contributed by atoms with E-state index in [4.69, 9.17) is 14.2 Å². The molecule has 2 aromatic rings. The highest BCUT2D eigenvalue weighted by molar-refractivity contribution is 6.04. The molecule has 1 saturated heterocycles. The van der Waals surface area contributed by atoms with E-state index >= 15 is 0 Å². The third-order valence-corrected chi connectivity index (χ3v) is 4.89. The summed E-state index contributed by atoms with van der Waals surface area (Å²) in [6.45, 7) is 1.34. The van der Waals surface area contributed by atoms with Crippen LogP contribution in [0.3, 0.4) is 0 Å². The van der Waals surface area contributed by atoms with Gasteiger partial charge in [-0.2, -0.15) is 0 Å². The quantitative estimate of drug-likeness (QED) is 0.804. The Morgan fingerprint density at radius 2 is 2.11 bits per heavy atom. The standard InChI is InChI=1S/C21H24N2O4/c24-21(15-9-10-22-20(12-15)27-17-5-2-6-17)23-16-4-1-7-18(13-16)26-14-19-8-3-11-25-19/h1,4,7,9-10,12-13,17,19H,2-3,5-6,8,11,14H2,(H,23,24). The van der Waals surface area contributed by atoms with Crippen LogP contribution in [0.1, 0.15) is 42.5 Å². The Morgan fingerprint density at radius 3 is 2.89 bits per heavy atom. The number of hydrogen-bond acceptors (Lipinski definition) is 5. The third kappa shape index (κ3) is 4.77. The minimum Gasteiger partial charge on any atom is -0.491 e. The maximum atomic E-state index is 12.6. The molecular weight excluding hydrogens is 344 g/mol. The maximum Gasteiger partial charge on any atom is 0.255 e. The van der Waals surface area contributed by atoms with E-state index in [0.717, 1.165) is 32.3 Å². The molecule has 2 aliphatic rings. The van der Waals surface area contributed by atoms with E-state index in [1.807, 2.05) is 24.3 Å². The lowest BCUT2D eigenvalue weighted by Crippen LogP contribution is -2.25. The summed E-state index contributed by atoms with van der Waals surface area (Å²) in [5.41, 5.74) is 1.20. The molecular formula is C21H24N2O4. The fraction of sp³-hybridized carbons (Fsp3) is 0.429. The predicted molar refractivity (Wildman–Crippen MR) is 101 cm³/mol. The van der Waals surface area contributed by atoms with Crippen molar-refractivity contribution in [2.24, 2.45) is 0 Å². The van der Waals surface area contributed by atoms with Crippen LogP contribution in [0.25, 0.3) is 0 Å². The number of benzene rings is 1. The van der Waals surface area contributed by atoms with Crippen molar-refractivity contribution in [2.45, 2.75) is 44.3 Å². The number of ether oxygens (including phenoxy) is 3. The van der Waals surface area contributed by atoms with E-state index in [2.05, 4.69) is 10.3 Å². The molecule has 1 saturated carbocycles. The number of amides is 1. The zero-order chi connectivity index (χ0) is 18.5. The van der Waals surface area contributed by atoms with Gasteiger partial charge in [-0.1, -0.05) is 6.07 Å². The first-order valence-corrected chi connectivity index (χ1v) is 9.55. The second-order valence-corrected chi connectivity index (χ2v) is 6.98. The smallest absolute Gasteiger partial charge is 0.255 e. The van der Waals surface area contributed by atoms with Crippen LogP contribution >= 0.6 is 0 Å². The Hall–Kier alpha value is -2.60. The summed E-state index contributed by atoms with van der Waals surface area (Å²) in [5.74, 6) is 1.01. The Bertz CT molecular complexity index is 785. The van der Waals surface area contributed by atoms with Crippen LogP contribution in [0.15, 0.2) is 42.6 Å². The van der Waals surface area contributed by atoms with E-state index in [1.54, 1.807) is 18.3 Å². The second kappa shape index (κ2) is 8.39. The molecule has 1 unspecified atom stereocenters. The minimum atomic E-state index is -0.202. The highest BCUT2D eigenvalue weighted by atomic mass is 16.5. The van der Waals surface area contributed by atoms with Crippen molar-refractivity contribution >= 4 is 11.6 Å². The lowest BCUT2D eigenvalue weighted by atomic mass is 9.96. The molecule has 6 nitrogen and oxygen atoms in total. The van der Waals surface area contributed by atoms with Crippen molar-refractivity contribution in [3.8, 4) is 11.6 Å². The molecule has 1 aromatic carbocycles. The number of carbonyl (C=O) groups is 1. The van der Waals surface area contributed by atoms with Crippen LogP contribution < -0.4 is 14.8 Å². The van der Waals surface area contributed by atoms with Gasteiger partial charge in [0.25, 0.3) is 5.91 Å². The van der Waals surface area contributed by atoms with Crippen LogP contribution in [-0.2, 0) is 4.74 Å². The number of nitrogens with one attached hydrogen (secondary N) is 1. The van der Waals surface area contributed by atoms with Crippen molar-refractivity contribution in [3.63, 3.8) is 0 Å². The van der Waals surface area contributed by atoms with Crippen molar-refractivity contribution < 1.29 is 19.0 Å². The normalized spacial score (nSPS) is 19.3. The summed E-state index contributed by atoms with van der Waals surface area (Å²) in [6.07, 6.45) is 7.41. The number of carbonyl (C=O) groups excluding carboxylic acids is 1. The number of nitrogens with zero attached hydrogens (tertiary/aromatic N) is 1. The minimum absolute atomic E-state index is 0.161. The van der Waals surface area contributed by atoms with Crippen molar-refractivity contribution in [3.05, 3.63) is 48.2 Å². The molecule has 142 valence electrons. The van der Waals surface area contributed by atoms with Crippen molar-refractivity contribution in [2.75, 3.05) is 18.5 Å².